The van der Waals surface area contributed by atoms with Crippen LogP contribution in [-0.2, 0) is 10.7 Å². The maximum absolute atomic E-state index is 11.2. The molecule has 0 saturated heterocycles. The Balaban J connectivity index is 2.73. The Bertz CT molecular complexity index is 217. The summed E-state index contributed by atoms with van der Waals surface area (Å²) in [6.07, 6.45) is 5.88. The van der Waals surface area contributed by atoms with Crippen LogP contribution in [0.3, 0.4) is 0 Å². The van der Waals surface area contributed by atoms with Crippen molar-refractivity contribution in [1.82, 2.24) is 0 Å². The van der Waals surface area contributed by atoms with Gasteiger partial charge in [0.1, 0.15) is 10.7 Å². The second kappa shape index (κ2) is 4.45. The summed E-state index contributed by atoms with van der Waals surface area (Å²) in [7, 11) is -2.26. The van der Waals surface area contributed by atoms with Gasteiger partial charge in [-0.25, -0.2) is 8.42 Å². The third kappa shape index (κ3) is 2.70. The second-order valence-electron chi connectivity index (χ2n) is 4.43. The van der Waals surface area contributed by atoms with Crippen molar-refractivity contribution in [2.75, 3.05) is 0 Å². The van der Waals surface area contributed by atoms with E-state index in [9.17, 15) is 8.42 Å². The molecule has 1 fully saturated rings. The third-order valence-electron chi connectivity index (χ3n) is 2.85. The van der Waals surface area contributed by atoms with E-state index in [0.717, 1.165) is 32.1 Å². The van der Waals surface area contributed by atoms with E-state index in [4.69, 9.17) is 0 Å². The lowest BCUT2D eigenvalue weighted by Gasteiger charge is -2.33. The predicted molar refractivity (Wildman–Crippen MR) is 55.3 cm³/mol. The Morgan fingerprint density at radius 1 is 1.15 bits per heavy atom. The first-order valence-corrected chi connectivity index (χ1v) is 6.18. The van der Waals surface area contributed by atoms with Gasteiger partial charge in [0.25, 0.3) is 0 Å². The van der Waals surface area contributed by atoms with Crippen LogP contribution in [0.25, 0.3) is 0 Å². The molecule has 1 rings (SSSR count). The SMILES string of the molecule is C[C](C)CC1([SH](=O)=O)CCCCC1. The Kier molecular flexibility index (Phi) is 3.77. The monoisotopic (exact) mass is 203 g/mol. The van der Waals surface area contributed by atoms with Crippen molar-refractivity contribution in [3.05, 3.63) is 5.92 Å². The van der Waals surface area contributed by atoms with E-state index in [0.29, 0.717) is 0 Å². The molecule has 0 spiro atoms. The van der Waals surface area contributed by atoms with Crippen LogP contribution in [0.2, 0.25) is 0 Å². The minimum atomic E-state index is -2.26. The zero-order chi connectivity index (χ0) is 9.90. The molecule has 0 bridgehead atoms. The van der Waals surface area contributed by atoms with Gasteiger partial charge in [0.2, 0.25) is 0 Å². The van der Waals surface area contributed by atoms with E-state index in [1.807, 2.05) is 13.8 Å². The molecule has 0 aromatic carbocycles. The first-order chi connectivity index (χ1) is 6.07. The van der Waals surface area contributed by atoms with Gasteiger partial charge in [-0.3, -0.25) is 0 Å². The smallest absolute Gasteiger partial charge is 0.145 e. The minimum Gasteiger partial charge on any atom is -0.231 e. The molecule has 0 aromatic heterocycles. The number of rotatable bonds is 3. The summed E-state index contributed by atoms with van der Waals surface area (Å²) in [4.78, 5) is 0. The molecule has 3 heteroatoms. The van der Waals surface area contributed by atoms with Crippen LogP contribution in [0.4, 0.5) is 0 Å². The van der Waals surface area contributed by atoms with Gasteiger partial charge in [0.15, 0.2) is 0 Å². The highest BCUT2D eigenvalue weighted by Gasteiger charge is 2.35. The van der Waals surface area contributed by atoms with Crippen molar-refractivity contribution >= 4 is 10.7 Å². The molecule has 0 N–H and O–H groups in total. The van der Waals surface area contributed by atoms with Crippen molar-refractivity contribution in [2.45, 2.75) is 57.1 Å². The Labute approximate surface area is 82.7 Å². The molecular weight excluding hydrogens is 184 g/mol. The Hall–Kier alpha value is -0.0500. The normalized spacial score (nSPS) is 22.5. The van der Waals surface area contributed by atoms with Crippen molar-refractivity contribution < 1.29 is 8.42 Å². The van der Waals surface area contributed by atoms with Crippen molar-refractivity contribution in [3.8, 4) is 0 Å². The van der Waals surface area contributed by atoms with Crippen molar-refractivity contribution in [2.24, 2.45) is 0 Å². The third-order valence-corrected chi connectivity index (χ3v) is 4.23. The summed E-state index contributed by atoms with van der Waals surface area (Å²) in [5, 5.41) is 0. The van der Waals surface area contributed by atoms with Gasteiger partial charge in [-0.15, -0.1) is 0 Å². The Morgan fingerprint density at radius 3 is 2.08 bits per heavy atom. The summed E-state index contributed by atoms with van der Waals surface area (Å²) in [5.74, 6) is 1.24. The zero-order valence-corrected chi connectivity index (χ0v) is 9.40. The molecule has 0 amide bonds. The average Bonchev–Trinajstić information content (AvgIpc) is 2.04. The van der Waals surface area contributed by atoms with E-state index in [1.165, 1.54) is 12.3 Å². The van der Waals surface area contributed by atoms with Gasteiger partial charge in [0.05, 0.1) is 4.75 Å². The van der Waals surface area contributed by atoms with Crippen LogP contribution < -0.4 is 0 Å². The van der Waals surface area contributed by atoms with E-state index in [1.54, 1.807) is 0 Å². The molecule has 2 nitrogen and oxygen atoms in total. The Morgan fingerprint density at radius 2 is 1.69 bits per heavy atom. The number of thiol groups is 1. The fourth-order valence-corrected chi connectivity index (χ4v) is 3.42. The molecule has 0 aliphatic heterocycles. The summed E-state index contributed by atoms with van der Waals surface area (Å²) in [5.41, 5.74) is 0. The second-order valence-corrected chi connectivity index (χ2v) is 5.89. The van der Waals surface area contributed by atoms with Gasteiger partial charge in [-0.05, 0) is 25.2 Å². The number of hydrogen-bond acceptors (Lipinski definition) is 2. The molecule has 77 valence electrons. The lowest BCUT2D eigenvalue weighted by Crippen LogP contribution is -2.34. The maximum Gasteiger partial charge on any atom is 0.145 e. The lowest BCUT2D eigenvalue weighted by atomic mass is 9.83. The van der Waals surface area contributed by atoms with Gasteiger partial charge < -0.3 is 0 Å². The standard InChI is InChI=1S/C10H19O2S/c1-9(2)8-10(13(11)12)6-4-3-5-7-10/h13H,3-8H2,1-2H3. The molecule has 0 heterocycles. The fraction of sp³-hybridized carbons (Fsp3) is 0.900. The highest BCUT2D eigenvalue weighted by Crippen LogP contribution is 2.36. The lowest BCUT2D eigenvalue weighted by molar-refractivity contribution is 0.366. The highest BCUT2D eigenvalue weighted by molar-refractivity contribution is 7.74. The van der Waals surface area contributed by atoms with Crippen LogP contribution in [0.15, 0.2) is 0 Å². The largest absolute Gasteiger partial charge is 0.231 e. The van der Waals surface area contributed by atoms with Gasteiger partial charge in [-0.2, -0.15) is 0 Å². The molecule has 1 aliphatic carbocycles. The molecule has 0 unspecified atom stereocenters. The van der Waals surface area contributed by atoms with Crippen LogP contribution in [0, 0.1) is 5.92 Å². The highest BCUT2D eigenvalue weighted by atomic mass is 32.2. The summed E-state index contributed by atoms with van der Waals surface area (Å²) in [6, 6.07) is 0. The fourth-order valence-electron chi connectivity index (χ4n) is 2.29. The molecule has 0 atom stereocenters. The predicted octanol–water partition coefficient (Wildman–Crippen LogP) is 2.31. The summed E-state index contributed by atoms with van der Waals surface area (Å²) < 4.78 is 22.1. The molecule has 1 aliphatic rings. The minimum absolute atomic E-state index is 0.383. The first kappa shape index (κ1) is 11.0. The quantitative estimate of drug-likeness (QED) is 0.714. The molecule has 1 saturated carbocycles. The van der Waals surface area contributed by atoms with Crippen LogP contribution in [0.1, 0.15) is 52.4 Å². The van der Waals surface area contributed by atoms with E-state index >= 15 is 0 Å². The van der Waals surface area contributed by atoms with Crippen LogP contribution >= 0.6 is 0 Å². The number of hydrogen-bond donors (Lipinski definition) is 1. The zero-order valence-electron chi connectivity index (χ0n) is 8.51. The molecule has 0 aromatic rings. The van der Waals surface area contributed by atoms with E-state index < -0.39 is 10.7 Å². The van der Waals surface area contributed by atoms with Crippen molar-refractivity contribution in [1.29, 1.82) is 0 Å². The van der Waals surface area contributed by atoms with Crippen LogP contribution in [-0.4, -0.2) is 13.2 Å². The van der Waals surface area contributed by atoms with Crippen LogP contribution in [0.5, 0.6) is 0 Å². The van der Waals surface area contributed by atoms with Gasteiger partial charge in [0, 0.05) is 0 Å². The molecule has 1 radical (unpaired) electrons. The van der Waals surface area contributed by atoms with Crippen molar-refractivity contribution in [3.63, 3.8) is 0 Å². The van der Waals surface area contributed by atoms with E-state index in [-0.39, 0.29) is 4.75 Å². The average molecular weight is 203 g/mol. The molecular formula is C10H19O2S. The summed E-state index contributed by atoms with van der Waals surface area (Å²) in [6.45, 7) is 4.05. The van der Waals surface area contributed by atoms with Gasteiger partial charge >= 0.3 is 0 Å². The summed E-state index contributed by atoms with van der Waals surface area (Å²) >= 11 is 0. The topological polar surface area (TPSA) is 34.1 Å². The van der Waals surface area contributed by atoms with Gasteiger partial charge in [-0.1, -0.05) is 33.1 Å². The first-order valence-electron chi connectivity index (χ1n) is 5.00. The van der Waals surface area contributed by atoms with E-state index in [2.05, 4.69) is 0 Å². The maximum atomic E-state index is 11.2. The molecule has 13 heavy (non-hydrogen) atoms.